The van der Waals surface area contributed by atoms with Gasteiger partial charge in [0.1, 0.15) is 0 Å². The van der Waals surface area contributed by atoms with Gasteiger partial charge in [0, 0.05) is 11.8 Å². The van der Waals surface area contributed by atoms with Crippen LogP contribution in [0.5, 0.6) is 11.5 Å². The number of amides is 1. The zero-order valence-corrected chi connectivity index (χ0v) is 18.0. The Bertz CT molecular complexity index is 1220. The quantitative estimate of drug-likeness (QED) is 0.418. The molecule has 0 unspecified atom stereocenters. The number of thioether (sulfide) groups is 1. The van der Waals surface area contributed by atoms with E-state index in [1.807, 2.05) is 54.0 Å². The number of aromatic nitrogens is 3. The van der Waals surface area contributed by atoms with Gasteiger partial charge in [0.2, 0.25) is 18.5 Å². The fourth-order valence-corrected chi connectivity index (χ4v) is 4.15. The van der Waals surface area contributed by atoms with Crippen LogP contribution in [0.25, 0.3) is 11.6 Å². The molecule has 1 N–H and O–H groups in total. The van der Waals surface area contributed by atoms with E-state index >= 15 is 0 Å². The SMILES string of the molecule is C[C@@H](Sc1nnc(-c2ccco2)n1Cc1ccccc1)C(=O)Nc1ccc2c(c1)OCO2. The molecule has 0 saturated heterocycles. The smallest absolute Gasteiger partial charge is 0.237 e. The molecular weight excluding hydrogens is 428 g/mol. The molecule has 32 heavy (non-hydrogen) atoms. The second kappa shape index (κ2) is 8.80. The van der Waals surface area contributed by atoms with Crippen LogP contribution in [0, 0.1) is 0 Å². The summed E-state index contributed by atoms with van der Waals surface area (Å²) >= 11 is 1.34. The number of benzene rings is 2. The highest BCUT2D eigenvalue weighted by Crippen LogP contribution is 2.35. The molecule has 9 heteroatoms. The van der Waals surface area contributed by atoms with Gasteiger partial charge in [0.25, 0.3) is 0 Å². The number of hydrogen-bond donors (Lipinski definition) is 1. The topological polar surface area (TPSA) is 91.4 Å². The Morgan fingerprint density at radius 3 is 2.75 bits per heavy atom. The number of carbonyl (C=O) groups excluding carboxylic acids is 1. The van der Waals surface area contributed by atoms with E-state index in [1.54, 1.807) is 24.5 Å². The van der Waals surface area contributed by atoms with Gasteiger partial charge in [-0.25, -0.2) is 0 Å². The maximum Gasteiger partial charge on any atom is 0.237 e. The lowest BCUT2D eigenvalue weighted by Crippen LogP contribution is -2.23. The fourth-order valence-electron chi connectivity index (χ4n) is 3.30. The normalized spacial score (nSPS) is 13.2. The van der Waals surface area contributed by atoms with Gasteiger partial charge in [0.15, 0.2) is 22.4 Å². The Hall–Kier alpha value is -3.72. The summed E-state index contributed by atoms with van der Waals surface area (Å²) in [7, 11) is 0. The zero-order chi connectivity index (χ0) is 21.9. The summed E-state index contributed by atoms with van der Waals surface area (Å²) in [4.78, 5) is 12.8. The average Bonchev–Trinajstić information content (AvgIpc) is 3.56. The van der Waals surface area contributed by atoms with E-state index in [4.69, 9.17) is 13.9 Å². The van der Waals surface area contributed by atoms with Crippen molar-refractivity contribution < 1.29 is 18.7 Å². The number of nitrogens with zero attached hydrogens (tertiary/aromatic N) is 3. The second-order valence-electron chi connectivity index (χ2n) is 7.17. The molecule has 1 atom stereocenters. The van der Waals surface area contributed by atoms with Crippen molar-refractivity contribution in [3.05, 3.63) is 72.5 Å². The lowest BCUT2D eigenvalue weighted by Gasteiger charge is -2.14. The summed E-state index contributed by atoms with van der Waals surface area (Å²) < 4.78 is 18.2. The van der Waals surface area contributed by atoms with Crippen LogP contribution in [-0.2, 0) is 11.3 Å². The maximum absolute atomic E-state index is 12.8. The van der Waals surface area contributed by atoms with E-state index in [-0.39, 0.29) is 12.7 Å². The first-order chi connectivity index (χ1) is 15.7. The highest BCUT2D eigenvalue weighted by Gasteiger charge is 2.23. The van der Waals surface area contributed by atoms with E-state index in [2.05, 4.69) is 15.5 Å². The molecule has 162 valence electrons. The number of fused-ring (bicyclic) bond motifs is 1. The molecule has 0 spiro atoms. The molecule has 8 nitrogen and oxygen atoms in total. The standard InChI is InChI=1S/C23H20N4O4S/c1-15(22(28)24-17-9-10-18-20(12-17)31-14-30-18)32-23-26-25-21(19-8-5-11-29-19)27(23)13-16-6-3-2-4-7-16/h2-12,15H,13-14H2,1H3,(H,24,28)/t15-/m1/s1. The number of rotatable bonds is 7. The van der Waals surface area contributed by atoms with Crippen LogP contribution in [0.3, 0.4) is 0 Å². The van der Waals surface area contributed by atoms with E-state index in [1.165, 1.54) is 11.8 Å². The van der Waals surface area contributed by atoms with Crippen LogP contribution in [0.2, 0.25) is 0 Å². The van der Waals surface area contributed by atoms with Crippen molar-refractivity contribution in [3.63, 3.8) is 0 Å². The van der Waals surface area contributed by atoms with E-state index < -0.39 is 5.25 Å². The highest BCUT2D eigenvalue weighted by atomic mass is 32.2. The summed E-state index contributed by atoms with van der Waals surface area (Å²) in [5.41, 5.74) is 1.74. The molecule has 1 amide bonds. The largest absolute Gasteiger partial charge is 0.461 e. The number of ether oxygens (including phenoxy) is 2. The molecule has 4 aromatic rings. The maximum atomic E-state index is 12.8. The monoisotopic (exact) mass is 448 g/mol. The van der Waals surface area contributed by atoms with Gasteiger partial charge < -0.3 is 19.2 Å². The van der Waals surface area contributed by atoms with Crippen LogP contribution in [0.15, 0.2) is 76.5 Å². The average molecular weight is 449 g/mol. The van der Waals surface area contributed by atoms with Gasteiger partial charge in [-0.05, 0) is 36.8 Å². The van der Waals surface area contributed by atoms with Crippen molar-refractivity contribution in [2.75, 3.05) is 12.1 Å². The third kappa shape index (κ3) is 4.19. The third-order valence-electron chi connectivity index (χ3n) is 4.93. The molecule has 0 fully saturated rings. The van der Waals surface area contributed by atoms with Crippen molar-refractivity contribution in [1.82, 2.24) is 14.8 Å². The summed E-state index contributed by atoms with van der Waals surface area (Å²) in [6, 6.07) is 19.0. The van der Waals surface area contributed by atoms with E-state index in [9.17, 15) is 4.79 Å². The van der Waals surface area contributed by atoms with E-state index in [0.717, 1.165) is 5.56 Å². The fraction of sp³-hybridized carbons (Fsp3) is 0.174. The van der Waals surface area contributed by atoms with Gasteiger partial charge in [-0.2, -0.15) is 0 Å². The Morgan fingerprint density at radius 2 is 1.94 bits per heavy atom. The highest BCUT2D eigenvalue weighted by molar-refractivity contribution is 8.00. The minimum absolute atomic E-state index is 0.150. The predicted octanol–water partition coefficient (Wildman–Crippen LogP) is 4.43. The summed E-state index contributed by atoms with van der Waals surface area (Å²) in [6.07, 6.45) is 1.60. The summed E-state index contributed by atoms with van der Waals surface area (Å²) in [5.74, 6) is 2.38. The van der Waals surface area contributed by atoms with Crippen LogP contribution in [-0.4, -0.2) is 32.7 Å². The van der Waals surface area contributed by atoms with Crippen molar-refractivity contribution in [3.8, 4) is 23.1 Å². The van der Waals surface area contributed by atoms with Crippen molar-refractivity contribution in [2.24, 2.45) is 0 Å². The first-order valence-electron chi connectivity index (χ1n) is 10.1. The van der Waals surface area contributed by atoms with Gasteiger partial charge in [-0.1, -0.05) is 42.1 Å². The van der Waals surface area contributed by atoms with Crippen molar-refractivity contribution in [2.45, 2.75) is 23.9 Å². The number of furan rings is 1. The zero-order valence-electron chi connectivity index (χ0n) is 17.2. The lowest BCUT2D eigenvalue weighted by molar-refractivity contribution is -0.115. The Kier molecular flexibility index (Phi) is 5.55. The molecule has 3 heterocycles. The van der Waals surface area contributed by atoms with Crippen LogP contribution in [0.4, 0.5) is 5.69 Å². The van der Waals surface area contributed by atoms with Crippen LogP contribution < -0.4 is 14.8 Å². The van der Waals surface area contributed by atoms with Gasteiger partial charge >= 0.3 is 0 Å². The minimum Gasteiger partial charge on any atom is -0.461 e. The molecule has 0 aliphatic carbocycles. The third-order valence-corrected chi connectivity index (χ3v) is 6.01. The Morgan fingerprint density at radius 1 is 1.09 bits per heavy atom. The summed E-state index contributed by atoms with van der Waals surface area (Å²) in [6.45, 7) is 2.58. The van der Waals surface area contributed by atoms with Crippen LogP contribution >= 0.6 is 11.8 Å². The Balaban J connectivity index is 1.35. The molecule has 2 aromatic heterocycles. The van der Waals surface area contributed by atoms with Gasteiger partial charge in [-0.15, -0.1) is 10.2 Å². The molecule has 2 aromatic carbocycles. The number of carbonyl (C=O) groups is 1. The molecule has 0 radical (unpaired) electrons. The first kappa shape index (κ1) is 20.2. The van der Waals surface area contributed by atoms with Gasteiger partial charge in [-0.3, -0.25) is 9.36 Å². The molecule has 5 rings (SSSR count). The molecule has 0 saturated carbocycles. The Labute approximate surface area is 188 Å². The number of anilines is 1. The summed E-state index contributed by atoms with van der Waals surface area (Å²) in [5, 5.41) is 11.8. The first-order valence-corrected chi connectivity index (χ1v) is 10.9. The number of nitrogens with one attached hydrogen (secondary N) is 1. The van der Waals surface area contributed by atoms with Crippen molar-refractivity contribution in [1.29, 1.82) is 0 Å². The number of hydrogen-bond acceptors (Lipinski definition) is 7. The molecule has 0 bridgehead atoms. The van der Waals surface area contributed by atoms with E-state index in [0.29, 0.717) is 40.5 Å². The molecular formula is C23H20N4O4S. The molecule has 1 aliphatic heterocycles. The minimum atomic E-state index is -0.413. The predicted molar refractivity (Wildman–Crippen MR) is 120 cm³/mol. The van der Waals surface area contributed by atoms with Gasteiger partial charge in [0.05, 0.1) is 18.1 Å². The van der Waals surface area contributed by atoms with Crippen molar-refractivity contribution >= 4 is 23.4 Å². The lowest BCUT2D eigenvalue weighted by atomic mass is 10.2. The molecule has 1 aliphatic rings. The second-order valence-corrected chi connectivity index (χ2v) is 8.48. The van der Waals surface area contributed by atoms with Crippen LogP contribution in [0.1, 0.15) is 12.5 Å².